The van der Waals surface area contributed by atoms with Gasteiger partial charge in [-0.25, -0.2) is 12.8 Å². The Bertz CT molecular complexity index is 1150. The Kier molecular flexibility index (Phi) is 5.86. The molecule has 2 aromatic carbocycles. The number of halogens is 1. The van der Waals surface area contributed by atoms with Gasteiger partial charge in [-0.3, -0.25) is 4.79 Å². The Morgan fingerprint density at radius 1 is 1.10 bits per heavy atom. The first-order valence-electron chi connectivity index (χ1n) is 10.0. The highest BCUT2D eigenvalue weighted by Crippen LogP contribution is 2.35. The van der Waals surface area contributed by atoms with Crippen LogP contribution in [0.25, 0.3) is 11.4 Å². The minimum atomic E-state index is -3.58. The van der Waals surface area contributed by atoms with Gasteiger partial charge < -0.3 is 9.42 Å². The Morgan fingerprint density at radius 2 is 1.77 bits per heavy atom. The Morgan fingerprint density at radius 3 is 2.48 bits per heavy atom. The average Bonchev–Trinajstić information content (AvgIpc) is 3.30. The molecular weight excluding hydrogens is 421 g/mol. The summed E-state index contributed by atoms with van der Waals surface area (Å²) in [5, 5.41) is 3.87. The molecule has 1 atom stereocenters. The molecule has 1 fully saturated rings. The third-order valence-corrected chi connectivity index (χ3v) is 7.06. The highest BCUT2D eigenvalue weighted by molar-refractivity contribution is 7.91. The SMILES string of the molecule is O=C(CCS(=O)(=O)c1ccccc1)N1CCCC(F)(c2nc(-c3ccccc3)no2)C1. The fourth-order valence-electron chi connectivity index (χ4n) is 3.63. The average molecular weight is 444 g/mol. The van der Waals surface area contributed by atoms with E-state index in [-0.39, 0.29) is 41.7 Å². The fourth-order valence-corrected chi connectivity index (χ4v) is 4.88. The summed E-state index contributed by atoms with van der Waals surface area (Å²) < 4.78 is 45.7. The van der Waals surface area contributed by atoms with Gasteiger partial charge >= 0.3 is 0 Å². The van der Waals surface area contributed by atoms with E-state index >= 15 is 4.39 Å². The maximum atomic E-state index is 15.7. The van der Waals surface area contributed by atoms with E-state index in [2.05, 4.69) is 10.1 Å². The quantitative estimate of drug-likeness (QED) is 0.580. The van der Waals surface area contributed by atoms with Crippen molar-refractivity contribution in [1.29, 1.82) is 0 Å². The van der Waals surface area contributed by atoms with Crippen molar-refractivity contribution in [2.24, 2.45) is 0 Å². The highest BCUT2D eigenvalue weighted by atomic mass is 32.2. The summed E-state index contributed by atoms with van der Waals surface area (Å²) in [6.45, 7) is 0.114. The Labute approximate surface area is 179 Å². The lowest BCUT2D eigenvalue weighted by Crippen LogP contribution is -2.46. The number of nitrogens with zero attached hydrogens (tertiary/aromatic N) is 3. The van der Waals surface area contributed by atoms with Crippen LogP contribution in [0.4, 0.5) is 4.39 Å². The first-order valence-corrected chi connectivity index (χ1v) is 11.7. The van der Waals surface area contributed by atoms with Crippen LogP contribution in [-0.4, -0.2) is 48.2 Å². The predicted octanol–water partition coefficient (Wildman–Crippen LogP) is 3.39. The molecule has 3 aromatic rings. The minimum Gasteiger partial charge on any atom is -0.339 e. The smallest absolute Gasteiger partial charge is 0.266 e. The molecule has 1 aromatic heterocycles. The number of alkyl halides is 1. The molecule has 0 spiro atoms. The van der Waals surface area contributed by atoms with Gasteiger partial charge in [0.25, 0.3) is 5.89 Å². The second-order valence-corrected chi connectivity index (χ2v) is 9.66. The molecule has 0 aliphatic carbocycles. The molecule has 4 rings (SSSR count). The van der Waals surface area contributed by atoms with Crippen LogP contribution in [0.3, 0.4) is 0 Å². The second kappa shape index (κ2) is 8.58. The van der Waals surface area contributed by atoms with Crippen molar-refractivity contribution >= 4 is 15.7 Å². The maximum absolute atomic E-state index is 15.7. The summed E-state index contributed by atoms with van der Waals surface area (Å²) in [6.07, 6.45) is 0.346. The van der Waals surface area contributed by atoms with Gasteiger partial charge in [0.2, 0.25) is 17.4 Å². The van der Waals surface area contributed by atoms with Crippen LogP contribution in [0.2, 0.25) is 0 Å². The fraction of sp³-hybridized carbons (Fsp3) is 0.318. The number of benzene rings is 2. The lowest BCUT2D eigenvalue weighted by molar-refractivity contribution is -0.135. The molecule has 0 bridgehead atoms. The number of rotatable bonds is 6. The van der Waals surface area contributed by atoms with Crippen molar-refractivity contribution < 1.29 is 22.1 Å². The molecule has 2 heterocycles. The van der Waals surface area contributed by atoms with Gasteiger partial charge in [0.15, 0.2) is 9.84 Å². The van der Waals surface area contributed by atoms with Gasteiger partial charge in [-0.15, -0.1) is 0 Å². The first kappa shape index (κ1) is 21.2. The summed E-state index contributed by atoms with van der Waals surface area (Å²) in [6, 6.07) is 17.0. The zero-order valence-electron chi connectivity index (χ0n) is 16.8. The van der Waals surface area contributed by atoms with Crippen LogP contribution < -0.4 is 0 Å². The van der Waals surface area contributed by atoms with E-state index in [9.17, 15) is 13.2 Å². The van der Waals surface area contributed by atoms with E-state index in [4.69, 9.17) is 4.52 Å². The predicted molar refractivity (Wildman–Crippen MR) is 111 cm³/mol. The summed E-state index contributed by atoms with van der Waals surface area (Å²) in [5.41, 5.74) is -1.26. The molecule has 0 saturated carbocycles. The molecule has 1 aliphatic rings. The molecule has 1 saturated heterocycles. The lowest BCUT2D eigenvalue weighted by Gasteiger charge is -2.35. The van der Waals surface area contributed by atoms with E-state index < -0.39 is 21.4 Å². The molecule has 9 heteroatoms. The van der Waals surface area contributed by atoms with Crippen molar-refractivity contribution in [1.82, 2.24) is 15.0 Å². The minimum absolute atomic E-state index is 0.148. The maximum Gasteiger partial charge on any atom is 0.266 e. The number of piperidine rings is 1. The zero-order chi connectivity index (χ0) is 21.9. The van der Waals surface area contributed by atoms with Gasteiger partial charge in [0, 0.05) is 18.5 Å². The standard InChI is InChI=1S/C22H22FN3O4S/c23-22(21-24-20(25-30-21)17-8-3-1-4-9-17)13-7-14-26(16-22)19(27)12-15-31(28,29)18-10-5-2-6-11-18/h1-6,8-11H,7,12-16H2. The second-order valence-electron chi connectivity index (χ2n) is 7.56. The third-order valence-electron chi connectivity index (χ3n) is 5.32. The summed E-state index contributed by atoms with van der Waals surface area (Å²) >= 11 is 0. The molecule has 0 N–H and O–H groups in total. The molecule has 31 heavy (non-hydrogen) atoms. The van der Waals surface area contributed by atoms with Crippen LogP contribution in [0, 0.1) is 0 Å². The van der Waals surface area contributed by atoms with Crippen molar-refractivity contribution in [3.05, 3.63) is 66.6 Å². The number of carbonyl (C=O) groups is 1. The van der Waals surface area contributed by atoms with Gasteiger partial charge in [-0.1, -0.05) is 53.7 Å². The normalized spacial score (nSPS) is 19.3. The number of hydrogen-bond donors (Lipinski definition) is 0. The lowest BCUT2D eigenvalue weighted by atomic mass is 9.94. The van der Waals surface area contributed by atoms with Crippen molar-refractivity contribution in [2.45, 2.75) is 29.8 Å². The van der Waals surface area contributed by atoms with Crippen molar-refractivity contribution in [3.8, 4) is 11.4 Å². The van der Waals surface area contributed by atoms with Gasteiger partial charge in [0.05, 0.1) is 17.2 Å². The van der Waals surface area contributed by atoms with Crippen LogP contribution in [0.15, 0.2) is 70.1 Å². The molecule has 1 aliphatic heterocycles. The van der Waals surface area contributed by atoms with E-state index in [1.807, 2.05) is 18.2 Å². The van der Waals surface area contributed by atoms with E-state index in [0.717, 1.165) is 0 Å². The Balaban J connectivity index is 1.43. The van der Waals surface area contributed by atoms with E-state index in [1.54, 1.807) is 30.3 Å². The van der Waals surface area contributed by atoms with Crippen molar-refractivity contribution in [3.63, 3.8) is 0 Å². The summed E-state index contributed by atoms with van der Waals surface area (Å²) in [7, 11) is -3.58. The zero-order valence-corrected chi connectivity index (χ0v) is 17.6. The van der Waals surface area contributed by atoms with Gasteiger partial charge in [-0.2, -0.15) is 4.98 Å². The third kappa shape index (κ3) is 4.66. The number of hydrogen-bond acceptors (Lipinski definition) is 6. The number of carbonyl (C=O) groups excluding carboxylic acids is 1. The number of likely N-dealkylation sites (tertiary alicyclic amines) is 1. The van der Waals surface area contributed by atoms with E-state index in [1.165, 1.54) is 17.0 Å². The van der Waals surface area contributed by atoms with Gasteiger partial charge in [0.1, 0.15) is 0 Å². The highest BCUT2D eigenvalue weighted by Gasteiger charge is 2.43. The Hall–Kier alpha value is -3.07. The largest absolute Gasteiger partial charge is 0.339 e. The molecule has 162 valence electrons. The first-order chi connectivity index (χ1) is 14.9. The van der Waals surface area contributed by atoms with Crippen LogP contribution >= 0.6 is 0 Å². The summed E-state index contributed by atoms with van der Waals surface area (Å²) in [4.78, 5) is 18.4. The van der Waals surface area contributed by atoms with E-state index in [0.29, 0.717) is 18.5 Å². The molecule has 1 amide bonds. The topological polar surface area (TPSA) is 93.4 Å². The molecule has 7 nitrogen and oxygen atoms in total. The number of sulfone groups is 1. The van der Waals surface area contributed by atoms with Crippen LogP contribution in [-0.2, 0) is 20.3 Å². The monoisotopic (exact) mass is 443 g/mol. The van der Waals surface area contributed by atoms with Crippen LogP contribution in [0.1, 0.15) is 25.2 Å². The van der Waals surface area contributed by atoms with Crippen molar-refractivity contribution in [2.75, 3.05) is 18.8 Å². The number of aromatic nitrogens is 2. The van der Waals surface area contributed by atoms with Gasteiger partial charge in [-0.05, 0) is 25.0 Å². The molecule has 1 unspecified atom stereocenters. The molecule has 0 radical (unpaired) electrons. The summed E-state index contributed by atoms with van der Waals surface area (Å²) in [5.74, 6) is -0.625. The van der Waals surface area contributed by atoms with Crippen LogP contribution in [0.5, 0.6) is 0 Å². The number of amides is 1. The molecular formula is C22H22FN3O4S.